The number of benzene rings is 4. The molecule has 0 saturated heterocycles. The number of hydrogen-bond acceptors (Lipinski definition) is 6. The van der Waals surface area contributed by atoms with Gasteiger partial charge in [0.2, 0.25) is 23.6 Å². The number of anilines is 4. The zero-order valence-electron chi connectivity index (χ0n) is 35.9. The lowest BCUT2D eigenvalue weighted by Crippen LogP contribution is -2.13. The van der Waals surface area contributed by atoms with Gasteiger partial charge in [0.05, 0.1) is 22.8 Å². The molecule has 0 aliphatic carbocycles. The molecule has 0 spiro atoms. The molecule has 4 aromatic carbocycles. The molecular formula is C53H39Cl3N8O4. The number of carbonyl (C=O) groups excluding carboxylic acids is 4. The number of fused-ring (bicyclic) bond motifs is 8. The molecule has 3 aromatic heterocycles. The fraction of sp³-hybridized carbons (Fsp3) is 0.0566. The molecule has 336 valence electrons. The molecule has 2 aliphatic rings. The average Bonchev–Trinajstić information content (AvgIpc) is 4.22. The smallest absolute Gasteiger partial charge is 0.247 e. The molecule has 7 aromatic rings. The van der Waals surface area contributed by atoms with Crippen LogP contribution < -0.4 is 21.3 Å². The standard InChI is InChI=1S/C53H39Cl3N8O4/c1-2-46(65)61-34-15-7-3-11-30(34)50-38-19-21-40(57-38)51(31-12-4-8-16-35(31)62-47(66)27-54)42-23-25-44(59-42)53(33-14-6-10-18-37(33)64-49(68)29-56)45-26-24-43(60-45)52(41-22-20-39(50)58-41)32-13-5-9-17-36(32)63-48(67)28-55/h2-26,57,60H,1,27-29H2,(H,61,65)(H,62,66)(H,63,67)(H,64,68). The van der Waals surface area contributed by atoms with Crippen molar-refractivity contribution < 1.29 is 19.2 Å². The molecule has 5 heterocycles. The van der Waals surface area contributed by atoms with Gasteiger partial charge in [-0.25, -0.2) is 9.97 Å². The third-order valence-electron chi connectivity index (χ3n) is 11.2. The second-order valence-corrected chi connectivity index (χ2v) is 16.2. The van der Waals surface area contributed by atoms with E-state index in [-0.39, 0.29) is 17.6 Å². The van der Waals surface area contributed by atoms with E-state index < -0.39 is 23.6 Å². The van der Waals surface area contributed by atoms with Gasteiger partial charge in [0, 0.05) is 89.3 Å². The first-order valence-corrected chi connectivity index (χ1v) is 22.8. The van der Waals surface area contributed by atoms with Gasteiger partial charge in [-0.15, -0.1) is 34.8 Å². The highest BCUT2D eigenvalue weighted by Crippen LogP contribution is 2.43. The van der Waals surface area contributed by atoms with Crippen molar-refractivity contribution in [3.63, 3.8) is 0 Å². The number of aromatic nitrogens is 4. The third-order valence-corrected chi connectivity index (χ3v) is 11.9. The minimum Gasteiger partial charge on any atom is -0.354 e. The summed E-state index contributed by atoms with van der Waals surface area (Å²) in [5, 5.41) is 11.8. The fourth-order valence-corrected chi connectivity index (χ4v) is 8.51. The molecule has 8 bridgehead atoms. The Labute approximate surface area is 404 Å². The maximum atomic E-state index is 12.9. The van der Waals surface area contributed by atoms with Gasteiger partial charge in [-0.2, -0.15) is 0 Å². The number of alkyl halides is 3. The van der Waals surface area contributed by atoms with Crippen molar-refractivity contribution >= 4 is 128 Å². The van der Waals surface area contributed by atoms with Gasteiger partial charge in [0.1, 0.15) is 17.6 Å². The van der Waals surface area contributed by atoms with E-state index >= 15 is 0 Å². The topological polar surface area (TPSA) is 174 Å². The molecule has 0 unspecified atom stereocenters. The Balaban J connectivity index is 1.48. The fourth-order valence-electron chi connectivity index (χ4n) is 8.31. The van der Waals surface area contributed by atoms with Gasteiger partial charge in [0.15, 0.2) is 0 Å². The monoisotopic (exact) mass is 956 g/mol. The summed E-state index contributed by atoms with van der Waals surface area (Å²) in [6, 6.07) is 37.3. The second-order valence-electron chi connectivity index (χ2n) is 15.4. The van der Waals surface area contributed by atoms with Crippen molar-refractivity contribution in [1.29, 1.82) is 0 Å². The Morgan fingerprint density at radius 2 is 0.691 bits per heavy atom. The Morgan fingerprint density at radius 1 is 0.426 bits per heavy atom. The van der Waals surface area contributed by atoms with Crippen LogP contribution in [-0.2, 0) is 19.2 Å². The quantitative estimate of drug-likeness (QED) is 0.0525. The van der Waals surface area contributed by atoms with Crippen LogP contribution in [0.15, 0.2) is 134 Å². The summed E-state index contributed by atoms with van der Waals surface area (Å²) in [6.07, 6.45) is 8.81. The first-order chi connectivity index (χ1) is 33.2. The zero-order chi connectivity index (χ0) is 47.3. The summed E-state index contributed by atoms with van der Waals surface area (Å²) in [4.78, 5) is 69.6. The molecule has 6 N–H and O–H groups in total. The van der Waals surface area contributed by atoms with Gasteiger partial charge < -0.3 is 31.2 Å². The van der Waals surface area contributed by atoms with E-state index in [0.29, 0.717) is 112 Å². The van der Waals surface area contributed by atoms with E-state index in [2.05, 4.69) is 37.8 Å². The number of nitrogens with zero attached hydrogens (tertiary/aromatic N) is 2. The summed E-state index contributed by atoms with van der Waals surface area (Å²) in [5.74, 6) is -2.34. The number of aromatic amines is 2. The van der Waals surface area contributed by atoms with E-state index in [1.807, 2.05) is 121 Å². The summed E-state index contributed by atoms with van der Waals surface area (Å²) < 4.78 is 0. The predicted octanol–water partition coefficient (Wildman–Crippen LogP) is 12.0. The number of rotatable bonds is 12. The van der Waals surface area contributed by atoms with Crippen molar-refractivity contribution in [1.82, 2.24) is 19.9 Å². The molecule has 4 amide bonds. The van der Waals surface area contributed by atoms with Crippen LogP contribution in [0, 0.1) is 0 Å². The number of amides is 4. The van der Waals surface area contributed by atoms with Crippen molar-refractivity contribution in [2.75, 3.05) is 38.9 Å². The Hall–Kier alpha value is -8.03. The van der Waals surface area contributed by atoms with Gasteiger partial charge in [0.25, 0.3) is 0 Å². The van der Waals surface area contributed by atoms with Crippen molar-refractivity contribution in [2.24, 2.45) is 0 Å². The number of halogens is 3. The Kier molecular flexibility index (Phi) is 13.2. The number of hydrogen-bond donors (Lipinski definition) is 6. The molecule has 0 radical (unpaired) electrons. The van der Waals surface area contributed by atoms with Crippen LogP contribution in [-0.4, -0.2) is 61.2 Å². The van der Waals surface area contributed by atoms with Gasteiger partial charge in [-0.3, -0.25) is 19.2 Å². The van der Waals surface area contributed by atoms with Gasteiger partial charge in [-0.1, -0.05) is 79.4 Å². The van der Waals surface area contributed by atoms with Crippen LogP contribution in [0.3, 0.4) is 0 Å². The minimum absolute atomic E-state index is 0.257. The van der Waals surface area contributed by atoms with E-state index in [0.717, 1.165) is 0 Å². The molecule has 0 atom stereocenters. The molecule has 0 fully saturated rings. The largest absolute Gasteiger partial charge is 0.354 e. The summed E-state index contributed by atoms with van der Waals surface area (Å²) in [5.41, 5.74) is 11.9. The zero-order valence-corrected chi connectivity index (χ0v) is 38.2. The summed E-state index contributed by atoms with van der Waals surface area (Å²) in [7, 11) is 0. The van der Waals surface area contributed by atoms with Crippen LogP contribution in [0.25, 0.3) is 90.9 Å². The highest BCUT2D eigenvalue weighted by Gasteiger charge is 2.23. The van der Waals surface area contributed by atoms with Gasteiger partial charge >= 0.3 is 0 Å². The van der Waals surface area contributed by atoms with Crippen molar-refractivity contribution in [3.05, 3.63) is 157 Å². The average molecular weight is 958 g/mol. The lowest BCUT2D eigenvalue weighted by molar-refractivity contribution is -0.114. The molecule has 0 saturated carbocycles. The summed E-state index contributed by atoms with van der Waals surface area (Å²) >= 11 is 18.1. The molecule has 68 heavy (non-hydrogen) atoms. The van der Waals surface area contributed by atoms with Crippen molar-refractivity contribution in [2.45, 2.75) is 0 Å². The second kappa shape index (κ2) is 19.8. The SMILES string of the molecule is C=CC(=O)Nc1ccccc1-c1c2nc(c(-c3ccccc3NC(=O)CCl)c3ccc([nH]3)c(-c3ccccc3NC(=O)CCl)c3nc(c(-c4ccccc4NC(=O)CCl)c4ccc1[nH]4)C=C3)C=C2. The number of H-pyrrole nitrogens is 2. The van der Waals surface area contributed by atoms with E-state index in [4.69, 9.17) is 44.8 Å². The van der Waals surface area contributed by atoms with Crippen molar-refractivity contribution in [3.8, 4) is 44.5 Å². The summed E-state index contributed by atoms with van der Waals surface area (Å²) in [6.45, 7) is 3.67. The van der Waals surface area contributed by atoms with Crippen LogP contribution in [0.1, 0.15) is 22.8 Å². The lowest BCUT2D eigenvalue weighted by atomic mass is 10.0. The highest BCUT2D eigenvalue weighted by atomic mass is 35.5. The highest BCUT2D eigenvalue weighted by molar-refractivity contribution is 6.30. The first-order valence-electron chi connectivity index (χ1n) is 21.2. The number of carbonyl (C=O) groups is 4. The van der Waals surface area contributed by atoms with E-state index in [9.17, 15) is 19.2 Å². The molecule has 9 rings (SSSR count). The van der Waals surface area contributed by atoms with Crippen LogP contribution in [0.5, 0.6) is 0 Å². The number of para-hydroxylation sites is 4. The first kappa shape index (κ1) is 45.1. The predicted molar refractivity (Wildman–Crippen MR) is 277 cm³/mol. The molecule has 15 heteroatoms. The minimum atomic E-state index is -0.395. The molecular weight excluding hydrogens is 919 g/mol. The maximum absolute atomic E-state index is 12.9. The van der Waals surface area contributed by atoms with Crippen LogP contribution in [0.2, 0.25) is 0 Å². The molecule has 2 aliphatic heterocycles. The lowest BCUT2D eigenvalue weighted by Gasteiger charge is -2.13. The maximum Gasteiger partial charge on any atom is 0.247 e. The van der Waals surface area contributed by atoms with Gasteiger partial charge in [-0.05, 0) is 78.9 Å². The van der Waals surface area contributed by atoms with Crippen LogP contribution in [0.4, 0.5) is 22.7 Å². The van der Waals surface area contributed by atoms with E-state index in [1.165, 1.54) is 6.08 Å². The Bertz CT molecular complexity index is 3390. The normalized spacial score (nSPS) is 11.5. The van der Waals surface area contributed by atoms with E-state index in [1.54, 1.807) is 24.3 Å². The van der Waals surface area contributed by atoms with Crippen LogP contribution >= 0.6 is 34.8 Å². The molecule has 12 nitrogen and oxygen atoms in total. The third kappa shape index (κ3) is 9.08. The Morgan fingerprint density at radius 3 is 0.956 bits per heavy atom. The number of nitrogens with one attached hydrogen (secondary N) is 6.